The molecule has 3 rings (SSSR count). The van der Waals surface area contributed by atoms with E-state index >= 15 is 0 Å². The molecule has 4 heteroatoms. The molecular formula is C19H23N2OP. The maximum absolute atomic E-state index is 10.8. The molecule has 23 heavy (non-hydrogen) atoms. The second-order valence-corrected chi connectivity index (χ2v) is 6.90. The average Bonchev–Trinajstić information content (AvgIpc) is 2.58. The first-order valence-corrected chi connectivity index (χ1v) is 8.55. The Hall–Kier alpha value is -1.70. The summed E-state index contributed by atoms with van der Waals surface area (Å²) < 4.78 is 2.29. The van der Waals surface area contributed by atoms with Gasteiger partial charge in [0.2, 0.25) is 0 Å². The summed E-state index contributed by atoms with van der Waals surface area (Å²) >= 11 is 0. The van der Waals surface area contributed by atoms with Crippen LogP contribution < -0.4 is 4.90 Å². The molecule has 1 unspecified atom stereocenters. The Morgan fingerprint density at radius 2 is 1.74 bits per heavy atom. The van der Waals surface area contributed by atoms with Crippen molar-refractivity contribution in [3.63, 3.8) is 0 Å². The number of anilines is 1. The molecule has 2 aromatic carbocycles. The first-order chi connectivity index (χ1) is 11.2. The Bertz CT molecular complexity index is 676. The van der Waals surface area contributed by atoms with Crippen molar-refractivity contribution in [2.45, 2.75) is 13.3 Å². The normalized spacial score (nSPS) is 15.7. The molecule has 0 radical (unpaired) electrons. The van der Waals surface area contributed by atoms with Crippen molar-refractivity contribution in [3.05, 3.63) is 64.7 Å². The van der Waals surface area contributed by atoms with Crippen molar-refractivity contribution >= 4 is 21.4 Å². The fraction of sp³-hybridized carbons (Fsp3) is 0.316. The summed E-state index contributed by atoms with van der Waals surface area (Å²) in [7, 11) is 2.78. The Labute approximate surface area is 140 Å². The molecule has 0 aliphatic carbocycles. The van der Waals surface area contributed by atoms with Crippen LogP contribution in [0.2, 0.25) is 0 Å². The molecule has 0 saturated carbocycles. The maximum Gasteiger partial charge on any atom is 0.150 e. The lowest BCUT2D eigenvalue weighted by molar-refractivity contribution is 0.112. The van der Waals surface area contributed by atoms with Gasteiger partial charge in [-0.1, -0.05) is 33.7 Å². The lowest BCUT2D eigenvalue weighted by Gasteiger charge is -2.33. The molecule has 2 aromatic rings. The summed E-state index contributed by atoms with van der Waals surface area (Å²) in [6.45, 7) is 6.41. The molecule has 1 fully saturated rings. The number of aldehydes is 1. The highest BCUT2D eigenvalue weighted by atomic mass is 31.0. The monoisotopic (exact) mass is 326 g/mol. The fourth-order valence-corrected chi connectivity index (χ4v) is 3.25. The lowest BCUT2D eigenvalue weighted by atomic mass is 9.98. The van der Waals surface area contributed by atoms with E-state index in [-0.39, 0.29) is 0 Å². The highest BCUT2D eigenvalue weighted by Gasteiger charge is 2.14. The van der Waals surface area contributed by atoms with Crippen LogP contribution in [-0.4, -0.2) is 37.1 Å². The topological polar surface area (TPSA) is 23.6 Å². The smallest absolute Gasteiger partial charge is 0.150 e. The summed E-state index contributed by atoms with van der Waals surface area (Å²) in [5.41, 5.74) is 5.81. The molecule has 1 atom stereocenters. The minimum atomic E-state index is 0.745. The largest absolute Gasteiger partial charge is 0.369 e. The van der Waals surface area contributed by atoms with Crippen LogP contribution in [0.1, 0.15) is 27.0 Å². The molecule has 0 amide bonds. The van der Waals surface area contributed by atoms with E-state index < -0.39 is 0 Å². The molecule has 120 valence electrons. The summed E-state index contributed by atoms with van der Waals surface area (Å²) in [4.78, 5) is 13.3. The van der Waals surface area contributed by atoms with Crippen molar-refractivity contribution in [3.8, 4) is 0 Å². The molecule has 1 saturated heterocycles. The Kier molecular flexibility index (Phi) is 5.09. The third-order valence-corrected chi connectivity index (χ3v) is 5.03. The van der Waals surface area contributed by atoms with Gasteiger partial charge in [-0.05, 0) is 48.2 Å². The van der Waals surface area contributed by atoms with Crippen LogP contribution in [0.15, 0.2) is 42.5 Å². The van der Waals surface area contributed by atoms with Crippen LogP contribution in [0.3, 0.4) is 0 Å². The molecule has 0 aromatic heterocycles. The van der Waals surface area contributed by atoms with Crippen LogP contribution >= 0.6 is 9.39 Å². The summed E-state index contributed by atoms with van der Waals surface area (Å²) in [5.74, 6) is 0. The molecule has 0 spiro atoms. The minimum absolute atomic E-state index is 0.745. The van der Waals surface area contributed by atoms with Crippen LogP contribution in [-0.2, 0) is 6.42 Å². The number of benzene rings is 2. The van der Waals surface area contributed by atoms with Gasteiger partial charge in [0, 0.05) is 37.4 Å². The van der Waals surface area contributed by atoms with Gasteiger partial charge in [-0.3, -0.25) is 9.46 Å². The molecule has 3 nitrogen and oxygen atoms in total. The molecule has 0 bridgehead atoms. The van der Waals surface area contributed by atoms with Crippen molar-refractivity contribution < 1.29 is 4.79 Å². The number of nitrogens with zero attached hydrogens (tertiary/aromatic N) is 2. The fourth-order valence-electron chi connectivity index (χ4n) is 3.02. The van der Waals surface area contributed by atoms with Gasteiger partial charge in [0.1, 0.15) is 6.29 Å². The average molecular weight is 326 g/mol. The quantitative estimate of drug-likeness (QED) is 0.636. The van der Waals surface area contributed by atoms with Gasteiger partial charge in [0.05, 0.1) is 0 Å². The summed E-state index contributed by atoms with van der Waals surface area (Å²) in [6, 6.07) is 14.8. The van der Waals surface area contributed by atoms with E-state index in [4.69, 9.17) is 0 Å². The number of carbonyl (C=O) groups excluding carboxylic acids is 1. The van der Waals surface area contributed by atoms with Crippen LogP contribution in [0, 0.1) is 6.92 Å². The van der Waals surface area contributed by atoms with Gasteiger partial charge in [-0.2, -0.15) is 0 Å². The van der Waals surface area contributed by atoms with Gasteiger partial charge in [0.25, 0.3) is 0 Å². The molecule has 1 aliphatic rings. The van der Waals surface area contributed by atoms with Gasteiger partial charge in [0.15, 0.2) is 0 Å². The van der Waals surface area contributed by atoms with Crippen LogP contribution in [0.4, 0.5) is 5.69 Å². The zero-order chi connectivity index (χ0) is 16.2. The zero-order valence-electron chi connectivity index (χ0n) is 13.5. The van der Waals surface area contributed by atoms with Crippen LogP contribution in [0.5, 0.6) is 0 Å². The number of aryl methyl sites for hydroxylation is 1. The Morgan fingerprint density at radius 1 is 1.04 bits per heavy atom. The second-order valence-electron chi connectivity index (χ2n) is 6.17. The standard InChI is InChI=1S/C19H23N2OP/c1-15-12-17(14-22)2-5-18(15)13-16-3-6-19(7-4-16)20-8-10-21(23)11-9-20/h2-7,12,14H,8-11,13,23H2,1H3. The number of hydrogen-bond acceptors (Lipinski definition) is 3. The van der Waals surface area contributed by atoms with Gasteiger partial charge < -0.3 is 4.90 Å². The maximum atomic E-state index is 10.8. The predicted molar refractivity (Wildman–Crippen MR) is 99.3 cm³/mol. The zero-order valence-corrected chi connectivity index (χ0v) is 14.7. The third-order valence-electron chi connectivity index (χ3n) is 4.51. The highest BCUT2D eigenvalue weighted by molar-refractivity contribution is 7.13. The van der Waals surface area contributed by atoms with Crippen LogP contribution in [0.25, 0.3) is 0 Å². The van der Waals surface area contributed by atoms with E-state index in [1.165, 1.54) is 22.4 Å². The molecular weight excluding hydrogens is 303 g/mol. The van der Waals surface area contributed by atoms with E-state index in [1.807, 2.05) is 12.1 Å². The Morgan fingerprint density at radius 3 is 2.35 bits per heavy atom. The summed E-state index contributed by atoms with van der Waals surface area (Å²) in [6.07, 6.45) is 1.81. The first kappa shape index (κ1) is 16.2. The van der Waals surface area contributed by atoms with Crippen molar-refractivity contribution in [1.29, 1.82) is 0 Å². The minimum Gasteiger partial charge on any atom is -0.369 e. The lowest BCUT2D eigenvalue weighted by Crippen LogP contribution is -2.42. The van der Waals surface area contributed by atoms with E-state index in [9.17, 15) is 4.79 Å². The summed E-state index contributed by atoms with van der Waals surface area (Å²) in [5, 5.41) is 0. The van der Waals surface area contributed by atoms with Gasteiger partial charge >= 0.3 is 0 Å². The first-order valence-electron chi connectivity index (χ1n) is 8.04. The number of carbonyl (C=O) groups is 1. The van der Waals surface area contributed by atoms with E-state index in [0.29, 0.717) is 0 Å². The van der Waals surface area contributed by atoms with E-state index in [0.717, 1.165) is 44.4 Å². The van der Waals surface area contributed by atoms with Gasteiger partial charge in [-0.25, -0.2) is 0 Å². The van der Waals surface area contributed by atoms with E-state index in [2.05, 4.69) is 56.2 Å². The predicted octanol–water partition coefficient (Wildman–Crippen LogP) is 3.31. The SMILES string of the molecule is Cc1cc(C=O)ccc1Cc1ccc(N2CCN(P)CC2)cc1. The van der Waals surface area contributed by atoms with Crippen molar-refractivity contribution in [2.24, 2.45) is 0 Å². The third kappa shape index (κ3) is 3.99. The number of hydrogen-bond donors (Lipinski definition) is 0. The second kappa shape index (κ2) is 7.25. The van der Waals surface area contributed by atoms with Crippen molar-refractivity contribution in [1.82, 2.24) is 4.67 Å². The van der Waals surface area contributed by atoms with Crippen molar-refractivity contribution in [2.75, 3.05) is 31.1 Å². The number of rotatable bonds is 4. The molecule has 1 aliphatic heterocycles. The van der Waals surface area contributed by atoms with E-state index in [1.54, 1.807) is 0 Å². The highest BCUT2D eigenvalue weighted by Crippen LogP contribution is 2.21. The Balaban J connectivity index is 1.69. The molecule has 1 heterocycles. The number of piperazine rings is 1. The molecule has 0 N–H and O–H groups in total. The van der Waals surface area contributed by atoms with Gasteiger partial charge in [-0.15, -0.1) is 0 Å².